The highest BCUT2D eigenvalue weighted by atomic mass is 79.9. The summed E-state index contributed by atoms with van der Waals surface area (Å²) in [5.41, 5.74) is 2.14. The number of fused-ring (bicyclic) bond motifs is 1. The Bertz CT molecular complexity index is 886. The zero-order valence-electron chi connectivity index (χ0n) is 10.5. The molecule has 0 aliphatic rings. The second-order valence-corrected chi connectivity index (χ2v) is 7.20. The average molecular weight is 352 g/mol. The maximum atomic E-state index is 11.9. The Hall–Kier alpha value is -1.73. The molecule has 3 rings (SSSR count). The zero-order valence-corrected chi connectivity index (χ0v) is 12.9. The average Bonchev–Trinajstić information content (AvgIpc) is 2.85. The minimum absolute atomic E-state index is 0.0575. The molecule has 2 aromatic heterocycles. The van der Waals surface area contributed by atoms with Crippen LogP contribution in [0.2, 0.25) is 0 Å². The monoisotopic (exact) mass is 351 g/mol. The lowest BCUT2D eigenvalue weighted by Gasteiger charge is -2.06. The molecule has 0 spiro atoms. The van der Waals surface area contributed by atoms with Gasteiger partial charge in [-0.25, -0.2) is 17.9 Å². The fourth-order valence-corrected chi connectivity index (χ4v) is 2.91. The van der Waals surface area contributed by atoms with E-state index in [1.807, 2.05) is 30.3 Å². The van der Waals surface area contributed by atoms with E-state index in [-0.39, 0.29) is 5.16 Å². The molecular formula is C13H10BrN3O2S. The zero-order chi connectivity index (χ0) is 14.3. The van der Waals surface area contributed by atoms with Crippen LogP contribution in [-0.4, -0.2) is 29.3 Å². The Morgan fingerprint density at radius 3 is 2.50 bits per heavy atom. The molecule has 0 aliphatic heterocycles. The van der Waals surface area contributed by atoms with Gasteiger partial charge in [-0.2, -0.15) is 5.10 Å². The summed E-state index contributed by atoms with van der Waals surface area (Å²) in [4.78, 5) is 4.24. The summed E-state index contributed by atoms with van der Waals surface area (Å²) in [6, 6.07) is 11.1. The molecule has 7 heteroatoms. The summed E-state index contributed by atoms with van der Waals surface area (Å²) in [7, 11) is -3.46. The van der Waals surface area contributed by atoms with Crippen molar-refractivity contribution in [2.75, 3.05) is 6.26 Å². The SMILES string of the molecule is CS(=O)(=O)c1nc(-c2ccc(Br)cc2)cc2ccnn12. The molecule has 2 heterocycles. The fourth-order valence-electron chi connectivity index (χ4n) is 1.91. The van der Waals surface area contributed by atoms with Gasteiger partial charge >= 0.3 is 0 Å². The molecule has 0 radical (unpaired) electrons. The molecule has 5 nitrogen and oxygen atoms in total. The summed E-state index contributed by atoms with van der Waals surface area (Å²) in [6.07, 6.45) is 2.68. The third kappa shape index (κ3) is 2.34. The Kier molecular flexibility index (Phi) is 3.10. The van der Waals surface area contributed by atoms with Gasteiger partial charge in [-0.1, -0.05) is 28.1 Å². The molecule has 102 valence electrons. The highest BCUT2D eigenvalue weighted by Crippen LogP contribution is 2.23. The van der Waals surface area contributed by atoms with Crippen LogP contribution in [0.5, 0.6) is 0 Å². The van der Waals surface area contributed by atoms with E-state index in [1.165, 1.54) is 4.52 Å². The van der Waals surface area contributed by atoms with Crippen LogP contribution < -0.4 is 0 Å². The maximum absolute atomic E-state index is 11.9. The fraction of sp³-hybridized carbons (Fsp3) is 0.0769. The Labute approximate surface area is 124 Å². The van der Waals surface area contributed by atoms with Gasteiger partial charge in [-0.3, -0.25) is 0 Å². The van der Waals surface area contributed by atoms with Gasteiger partial charge in [-0.05, 0) is 24.3 Å². The lowest BCUT2D eigenvalue weighted by Crippen LogP contribution is -2.09. The molecular weight excluding hydrogens is 342 g/mol. The maximum Gasteiger partial charge on any atom is 0.249 e. The van der Waals surface area contributed by atoms with E-state index >= 15 is 0 Å². The van der Waals surface area contributed by atoms with Crippen molar-refractivity contribution in [1.29, 1.82) is 0 Å². The minimum atomic E-state index is -3.46. The number of benzene rings is 1. The summed E-state index contributed by atoms with van der Waals surface area (Å²) >= 11 is 3.37. The van der Waals surface area contributed by atoms with Crippen molar-refractivity contribution in [3.8, 4) is 11.3 Å². The van der Waals surface area contributed by atoms with E-state index in [0.29, 0.717) is 11.2 Å². The Morgan fingerprint density at radius 1 is 1.15 bits per heavy atom. The number of hydrogen-bond donors (Lipinski definition) is 0. The molecule has 20 heavy (non-hydrogen) atoms. The van der Waals surface area contributed by atoms with Gasteiger partial charge < -0.3 is 0 Å². The van der Waals surface area contributed by atoms with Gasteiger partial charge in [0.25, 0.3) is 0 Å². The second-order valence-electron chi connectivity index (χ2n) is 4.37. The van der Waals surface area contributed by atoms with Gasteiger partial charge in [-0.15, -0.1) is 0 Å². The lowest BCUT2D eigenvalue weighted by atomic mass is 10.1. The first-order chi connectivity index (χ1) is 9.45. The predicted octanol–water partition coefficient (Wildman–Crippen LogP) is 2.56. The van der Waals surface area contributed by atoms with E-state index in [9.17, 15) is 8.42 Å². The van der Waals surface area contributed by atoms with Crippen molar-refractivity contribution in [3.63, 3.8) is 0 Å². The molecule has 0 aliphatic carbocycles. The molecule has 0 unspecified atom stereocenters. The molecule has 0 atom stereocenters. The molecule has 3 aromatic rings. The Balaban J connectivity index is 2.30. The van der Waals surface area contributed by atoms with Crippen molar-refractivity contribution < 1.29 is 8.42 Å². The van der Waals surface area contributed by atoms with Gasteiger partial charge in [0, 0.05) is 16.3 Å². The number of hydrogen-bond acceptors (Lipinski definition) is 4. The van der Waals surface area contributed by atoms with Crippen LogP contribution in [0.3, 0.4) is 0 Å². The van der Waals surface area contributed by atoms with Gasteiger partial charge in [0.2, 0.25) is 15.0 Å². The largest absolute Gasteiger partial charge is 0.249 e. The third-order valence-corrected chi connectivity index (χ3v) is 4.28. The third-order valence-electron chi connectivity index (χ3n) is 2.83. The predicted molar refractivity (Wildman–Crippen MR) is 79.2 cm³/mol. The van der Waals surface area contributed by atoms with E-state index in [0.717, 1.165) is 16.3 Å². The first kappa shape index (κ1) is 13.3. The standard InChI is InChI=1S/C13H10BrN3O2S/c1-20(18,19)13-16-12(8-11-6-7-15-17(11)13)9-2-4-10(14)5-3-9/h2-8H,1H3. The number of rotatable bonds is 2. The van der Waals surface area contributed by atoms with E-state index in [2.05, 4.69) is 26.0 Å². The van der Waals surface area contributed by atoms with E-state index < -0.39 is 9.84 Å². The van der Waals surface area contributed by atoms with Crippen LogP contribution in [0.1, 0.15) is 0 Å². The number of nitrogens with zero attached hydrogens (tertiary/aromatic N) is 3. The highest BCUT2D eigenvalue weighted by Gasteiger charge is 2.17. The van der Waals surface area contributed by atoms with Crippen molar-refractivity contribution in [3.05, 3.63) is 47.1 Å². The molecule has 0 N–H and O–H groups in total. The normalized spacial score (nSPS) is 11.9. The molecule has 0 saturated heterocycles. The smallest absolute Gasteiger partial charge is 0.221 e. The van der Waals surface area contributed by atoms with Crippen LogP contribution in [0, 0.1) is 0 Å². The van der Waals surface area contributed by atoms with E-state index in [4.69, 9.17) is 0 Å². The minimum Gasteiger partial charge on any atom is -0.221 e. The van der Waals surface area contributed by atoms with Crippen LogP contribution >= 0.6 is 15.9 Å². The topological polar surface area (TPSA) is 64.3 Å². The highest BCUT2D eigenvalue weighted by molar-refractivity contribution is 9.10. The molecule has 0 amide bonds. The molecule has 0 saturated carbocycles. The summed E-state index contributed by atoms with van der Waals surface area (Å²) in [5.74, 6) is 0. The molecule has 0 fully saturated rings. The van der Waals surface area contributed by atoms with Crippen LogP contribution in [0.15, 0.2) is 52.2 Å². The first-order valence-corrected chi connectivity index (χ1v) is 8.44. The number of halogens is 1. The van der Waals surface area contributed by atoms with Crippen LogP contribution in [-0.2, 0) is 9.84 Å². The quantitative estimate of drug-likeness (QED) is 0.665. The van der Waals surface area contributed by atoms with Crippen molar-refractivity contribution in [2.45, 2.75) is 5.16 Å². The Morgan fingerprint density at radius 2 is 1.85 bits per heavy atom. The van der Waals surface area contributed by atoms with Crippen molar-refractivity contribution >= 4 is 31.3 Å². The molecule has 1 aromatic carbocycles. The number of sulfone groups is 1. The van der Waals surface area contributed by atoms with E-state index in [1.54, 1.807) is 12.3 Å². The summed E-state index contributed by atoms with van der Waals surface area (Å²) < 4.78 is 26.0. The van der Waals surface area contributed by atoms with Gasteiger partial charge in [0.1, 0.15) is 0 Å². The summed E-state index contributed by atoms with van der Waals surface area (Å²) in [6.45, 7) is 0. The van der Waals surface area contributed by atoms with Crippen LogP contribution in [0.4, 0.5) is 0 Å². The second kappa shape index (κ2) is 4.68. The van der Waals surface area contributed by atoms with Gasteiger partial charge in [0.05, 0.1) is 17.4 Å². The van der Waals surface area contributed by atoms with Crippen LogP contribution in [0.25, 0.3) is 16.8 Å². The summed E-state index contributed by atoms with van der Waals surface area (Å²) in [5, 5.41) is 3.94. The van der Waals surface area contributed by atoms with Crippen molar-refractivity contribution in [1.82, 2.24) is 14.6 Å². The van der Waals surface area contributed by atoms with Gasteiger partial charge in [0.15, 0.2) is 0 Å². The first-order valence-electron chi connectivity index (χ1n) is 5.76. The molecule has 0 bridgehead atoms. The lowest BCUT2D eigenvalue weighted by molar-refractivity contribution is 0.586. The van der Waals surface area contributed by atoms with Crippen molar-refractivity contribution in [2.24, 2.45) is 0 Å². The number of aromatic nitrogens is 3.